The smallest absolute Gasteiger partial charge is 0.0826 e. The van der Waals surface area contributed by atoms with Gasteiger partial charge in [-0.3, -0.25) is 0 Å². The Hall–Kier alpha value is -2.02. The van der Waals surface area contributed by atoms with Crippen LogP contribution in [0.25, 0.3) is 0 Å². The van der Waals surface area contributed by atoms with E-state index in [-0.39, 0.29) is 0 Å². The minimum absolute atomic E-state index is 0.386. The third-order valence-corrected chi connectivity index (χ3v) is 4.44. The molecule has 0 spiro atoms. The summed E-state index contributed by atoms with van der Waals surface area (Å²) in [5.41, 5.74) is 7.32. The maximum Gasteiger partial charge on any atom is 0.0826 e. The van der Waals surface area contributed by atoms with Crippen molar-refractivity contribution in [2.75, 3.05) is 7.11 Å². The Morgan fingerprint density at radius 1 is 0.895 bits per heavy atom. The van der Waals surface area contributed by atoms with E-state index in [9.17, 15) is 0 Å². The molecule has 0 saturated carbocycles. The van der Waals surface area contributed by atoms with E-state index >= 15 is 0 Å². The molecule has 0 aliphatic heterocycles. The lowest BCUT2D eigenvalue weighted by molar-refractivity contribution is 0.328. The van der Waals surface area contributed by atoms with Gasteiger partial charge in [0.25, 0.3) is 0 Å². The summed E-state index contributed by atoms with van der Waals surface area (Å²) in [6, 6.07) is 17.7. The van der Waals surface area contributed by atoms with Crippen molar-refractivity contribution in [2.45, 2.75) is 18.3 Å². The molecule has 94 valence electrons. The van der Waals surface area contributed by atoms with E-state index in [4.69, 9.17) is 4.74 Å². The quantitative estimate of drug-likeness (QED) is 0.687. The van der Waals surface area contributed by atoms with Crippen molar-refractivity contribution >= 4 is 0 Å². The van der Waals surface area contributed by atoms with Crippen LogP contribution in [-0.4, -0.2) is 7.11 Å². The Labute approximate surface area is 113 Å². The number of allylic oxidation sites excluding steroid dienone is 1. The fourth-order valence-corrected chi connectivity index (χ4v) is 3.76. The number of hydrogen-bond acceptors (Lipinski definition) is 1. The average Bonchev–Trinajstić information content (AvgIpc) is 2.48. The fraction of sp³-hybridized carbons (Fsp3) is 0.222. The second-order valence-corrected chi connectivity index (χ2v) is 5.38. The highest BCUT2D eigenvalue weighted by Crippen LogP contribution is 2.54. The second-order valence-electron chi connectivity index (χ2n) is 5.38. The van der Waals surface area contributed by atoms with Crippen LogP contribution in [0.15, 0.2) is 60.4 Å². The summed E-state index contributed by atoms with van der Waals surface area (Å²) in [6.07, 6.45) is 3.04. The maximum atomic E-state index is 5.30. The summed E-state index contributed by atoms with van der Waals surface area (Å²) in [5, 5.41) is 0. The van der Waals surface area contributed by atoms with Gasteiger partial charge in [-0.15, -0.1) is 0 Å². The van der Waals surface area contributed by atoms with Crippen molar-refractivity contribution in [2.24, 2.45) is 0 Å². The van der Waals surface area contributed by atoms with E-state index in [1.165, 1.54) is 27.8 Å². The number of rotatable bonds is 1. The SMILES string of the molecule is CO/C=C1/CC2c3ccccc3C1c1ccccc12. The summed E-state index contributed by atoms with van der Waals surface area (Å²) in [7, 11) is 1.74. The molecule has 0 aromatic heterocycles. The Morgan fingerprint density at radius 3 is 1.95 bits per heavy atom. The predicted molar refractivity (Wildman–Crippen MR) is 76.3 cm³/mol. The lowest BCUT2D eigenvalue weighted by atomic mass is 9.62. The van der Waals surface area contributed by atoms with Gasteiger partial charge < -0.3 is 4.74 Å². The van der Waals surface area contributed by atoms with Gasteiger partial charge in [0.05, 0.1) is 13.4 Å². The van der Waals surface area contributed by atoms with Crippen molar-refractivity contribution in [3.8, 4) is 0 Å². The molecule has 0 heterocycles. The Morgan fingerprint density at radius 2 is 1.42 bits per heavy atom. The Bertz CT molecular complexity index is 621. The van der Waals surface area contributed by atoms with Gasteiger partial charge in [-0.2, -0.15) is 0 Å². The summed E-state index contributed by atoms with van der Waals surface area (Å²) >= 11 is 0. The van der Waals surface area contributed by atoms with Crippen LogP contribution in [0.3, 0.4) is 0 Å². The van der Waals surface area contributed by atoms with Gasteiger partial charge in [-0.05, 0) is 34.2 Å². The van der Waals surface area contributed by atoms with Crippen LogP contribution < -0.4 is 0 Å². The largest absolute Gasteiger partial charge is 0.504 e. The van der Waals surface area contributed by atoms with E-state index < -0.39 is 0 Å². The normalized spacial score (nSPS) is 25.0. The summed E-state index contributed by atoms with van der Waals surface area (Å²) in [6.45, 7) is 0. The van der Waals surface area contributed by atoms with Crippen LogP contribution in [0, 0.1) is 0 Å². The zero-order valence-corrected chi connectivity index (χ0v) is 11.0. The first kappa shape index (κ1) is 10.9. The number of benzene rings is 2. The van der Waals surface area contributed by atoms with Crippen molar-refractivity contribution < 1.29 is 4.74 Å². The number of hydrogen-bond donors (Lipinski definition) is 0. The molecule has 0 saturated heterocycles. The minimum atomic E-state index is 0.386. The van der Waals surface area contributed by atoms with Gasteiger partial charge in [0.2, 0.25) is 0 Å². The predicted octanol–water partition coefficient (Wildman–Crippen LogP) is 4.20. The molecule has 1 nitrogen and oxygen atoms in total. The molecule has 2 aromatic carbocycles. The molecule has 2 aromatic rings. The summed E-state index contributed by atoms with van der Waals surface area (Å²) in [4.78, 5) is 0. The van der Waals surface area contributed by atoms with E-state index in [2.05, 4.69) is 48.5 Å². The van der Waals surface area contributed by atoms with E-state index in [0.29, 0.717) is 11.8 Å². The van der Waals surface area contributed by atoms with Crippen LogP contribution in [0.1, 0.15) is 40.5 Å². The number of methoxy groups -OCH3 is 1. The van der Waals surface area contributed by atoms with Crippen LogP contribution in [0.2, 0.25) is 0 Å². The van der Waals surface area contributed by atoms with Crippen LogP contribution in [-0.2, 0) is 4.74 Å². The molecule has 2 bridgehead atoms. The van der Waals surface area contributed by atoms with Gasteiger partial charge in [-0.25, -0.2) is 0 Å². The van der Waals surface area contributed by atoms with Gasteiger partial charge in [-0.1, -0.05) is 48.5 Å². The lowest BCUT2D eigenvalue weighted by Gasteiger charge is -2.41. The van der Waals surface area contributed by atoms with E-state index in [1.54, 1.807) is 7.11 Å². The third kappa shape index (κ3) is 1.42. The molecule has 1 heteroatoms. The summed E-state index contributed by atoms with van der Waals surface area (Å²) in [5.74, 6) is 0.885. The first-order chi connectivity index (χ1) is 9.40. The second kappa shape index (κ2) is 3.99. The fourth-order valence-electron chi connectivity index (χ4n) is 3.76. The lowest BCUT2D eigenvalue weighted by Crippen LogP contribution is -2.26. The molecule has 0 amide bonds. The molecule has 0 fully saturated rings. The number of fused-ring (bicyclic) bond motifs is 1. The van der Waals surface area contributed by atoms with Crippen LogP contribution in [0.4, 0.5) is 0 Å². The highest BCUT2D eigenvalue weighted by Gasteiger charge is 2.39. The molecule has 0 radical (unpaired) electrons. The van der Waals surface area contributed by atoms with Crippen molar-refractivity contribution in [3.63, 3.8) is 0 Å². The molecular formula is C18H16O. The third-order valence-electron chi connectivity index (χ3n) is 4.44. The van der Waals surface area contributed by atoms with Crippen LogP contribution >= 0.6 is 0 Å². The molecular weight excluding hydrogens is 232 g/mol. The van der Waals surface area contributed by atoms with Crippen molar-refractivity contribution in [1.82, 2.24) is 0 Å². The molecule has 5 rings (SSSR count). The zero-order chi connectivity index (χ0) is 12.8. The molecule has 0 unspecified atom stereocenters. The van der Waals surface area contributed by atoms with E-state index in [1.807, 2.05) is 6.26 Å². The van der Waals surface area contributed by atoms with Crippen LogP contribution in [0.5, 0.6) is 0 Å². The molecule has 19 heavy (non-hydrogen) atoms. The van der Waals surface area contributed by atoms with Gasteiger partial charge in [0.15, 0.2) is 0 Å². The number of ether oxygens (including phenoxy) is 1. The van der Waals surface area contributed by atoms with Gasteiger partial charge >= 0.3 is 0 Å². The first-order valence-corrected chi connectivity index (χ1v) is 6.79. The molecule has 0 atom stereocenters. The summed E-state index contributed by atoms with van der Waals surface area (Å²) < 4.78 is 5.30. The molecule has 0 N–H and O–H groups in total. The van der Waals surface area contributed by atoms with E-state index in [0.717, 1.165) is 6.42 Å². The molecule has 3 aliphatic rings. The Balaban J connectivity index is 2.01. The van der Waals surface area contributed by atoms with Crippen molar-refractivity contribution in [3.05, 3.63) is 82.6 Å². The minimum Gasteiger partial charge on any atom is -0.504 e. The standard InChI is InChI=1S/C18H16O/c1-19-11-12-10-17-13-6-2-4-8-15(13)18(12)16-9-5-3-7-14(16)17/h2-9,11,17-18H,10H2,1H3/b12-11-. The monoisotopic (exact) mass is 248 g/mol. The van der Waals surface area contributed by atoms with Crippen molar-refractivity contribution in [1.29, 1.82) is 0 Å². The topological polar surface area (TPSA) is 9.23 Å². The average molecular weight is 248 g/mol. The highest BCUT2D eigenvalue weighted by molar-refractivity contribution is 5.60. The van der Waals surface area contributed by atoms with Gasteiger partial charge in [0.1, 0.15) is 0 Å². The Kier molecular flexibility index (Phi) is 2.28. The maximum absolute atomic E-state index is 5.30. The zero-order valence-electron chi connectivity index (χ0n) is 11.0. The molecule has 3 aliphatic carbocycles. The van der Waals surface area contributed by atoms with Gasteiger partial charge in [0, 0.05) is 11.8 Å². The highest BCUT2D eigenvalue weighted by atomic mass is 16.5. The first-order valence-electron chi connectivity index (χ1n) is 6.79.